The molecule has 0 saturated heterocycles. The number of aromatic nitrogens is 1. The second-order valence-corrected chi connectivity index (χ2v) is 4.92. The highest BCUT2D eigenvalue weighted by Crippen LogP contribution is 2.34. The average molecular weight is 348 g/mol. The summed E-state index contributed by atoms with van der Waals surface area (Å²) in [5.74, 6) is -0.0813. The number of halogens is 2. The van der Waals surface area contributed by atoms with E-state index in [2.05, 4.69) is 31.9 Å². The first kappa shape index (κ1) is 11.3. The number of hydrogen-bond acceptors (Lipinski definition) is 3. The molecule has 6 heteroatoms. The van der Waals surface area contributed by atoms with E-state index >= 15 is 0 Å². The predicted octanol–water partition coefficient (Wildman–Crippen LogP) is 3.00. The van der Waals surface area contributed by atoms with Gasteiger partial charge in [-0.2, -0.15) is 0 Å². The van der Waals surface area contributed by atoms with E-state index in [-0.39, 0.29) is 11.8 Å². The van der Waals surface area contributed by atoms with Crippen LogP contribution in [-0.4, -0.2) is 14.8 Å². The molecule has 0 aliphatic heterocycles. The molecule has 0 unspecified atom stereocenters. The van der Waals surface area contributed by atoms with E-state index in [0.29, 0.717) is 20.3 Å². The Bertz CT molecular complexity index is 509. The van der Waals surface area contributed by atoms with Crippen molar-refractivity contribution >= 4 is 37.5 Å². The molecule has 0 atom stereocenters. The summed E-state index contributed by atoms with van der Waals surface area (Å²) in [6.07, 6.45) is 0. The normalized spacial score (nSPS) is 10.6. The molecule has 16 heavy (non-hydrogen) atoms. The molecule has 0 saturated carbocycles. The van der Waals surface area contributed by atoms with Gasteiger partial charge in [0.2, 0.25) is 0 Å². The Kier molecular flexibility index (Phi) is 2.86. The van der Waals surface area contributed by atoms with Crippen molar-refractivity contribution in [2.45, 2.75) is 0 Å². The predicted molar refractivity (Wildman–Crippen MR) is 68.9 cm³/mol. The third-order valence-electron chi connectivity index (χ3n) is 2.16. The van der Waals surface area contributed by atoms with Crippen LogP contribution in [0.15, 0.2) is 33.2 Å². The number of nitrogens with two attached hydrogens (primary N) is 1. The SMILES string of the molecule is Nc1c(Br)cc(-n2c(O)ccc2O)cc1Br. The van der Waals surface area contributed by atoms with Crippen LogP contribution in [0, 0.1) is 0 Å². The standard InChI is InChI=1S/C10H8Br2N2O2/c11-6-3-5(4-7(12)10(6)13)14-8(15)1-2-9(14)16/h1-4,15-16H,13H2. The van der Waals surface area contributed by atoms with Crippen molar-refractivity contribution in [2.75, 3.05) is 5.73 Å². The molecule has 0 aliphatic carbocycles. The minimum Gasteiger partial charge on any atom is -0.494 e. The Hall–Kier alpha value is -1.14. The molecule has 1 aromatic heterocycles. The second kappa shape index (κ2) is 4.03. The lowest BCUT2D eigenvalue weighted by atomic mass is 10.3. The molecule has 0 aliphatic rings. The summed E-state index contributed by atoms with van der Waals surface area (Å²) < 4.78 is 2.67. The number of rotatable bonds is 1. The van der Waals surface area contributed by atoms with Crippen molar-refractivity contribution in [1.29, 1.82) is 0 Å². The highest BCUT2D eigenvalue weighted by molar-refractivity contribution is 9.11. The van der Waals surface area contributed by atoms with Crippen molar-refractivity contribution in [3.05, 3.63) is 33.2 Å². The third kappa shape index (κ3) is 1.78. The quantitative estimate of drug-likeness (QED) is 0.694. The fourth-order valence-corrected chi connectivity index (χ4v) is 2.54. The van der Waals surface area contributed by atoms with Gasteiger partial charge in [0, 0.05) is 21.1 Å². The summed E-state index contributed by atoms with van der Waals surface area (Å²) in [7, 11) is 0. The first-order valence-corrected chi connectivity index (χ1v) is 5.94. The molecule has 1 aromatic carbocycles. The third-order valence-corrected chi connectivity index (χ3v) is 3.47. The number of aromatic hydroxyl groups is 2. The summed E-state index contributed by atoms with van der Waals surface area (Å²) in [6, 6.07) is 6.24. The lowest BCUT2D eigenvalue weighted by Crippen LogP contribution is -1.96. The van der Waals surface area contributed by atoms with Crippen molar-refractivity contribution in [3.8, 4) is 17.4 Å². The maximum Gasteiger partial charge on any atom is 0.198 e. The Morgan fingerprint density at radius 3 is 1.88 bits per heavy atom. The van der Waals surface area contributed by atoms with Crippen molar-refractivity contribution in [2.24, 2.45) is 0 Å². The molecule has 2 aromatic rings. The Labute approximate surface area is 109 Å². The van der Waals surface area contributed by atoms with Gasteiger partial charge >= 0.3 is 0 Å². The molecule has 2 rings (SSSR count). The van der Waals surface area contributed by atoms with E-state index in [1.54, 1.807) is 12.1 Å². The van der Waals surface area contributed by atoms with Crippen molar-refractivity contribution in [3.63, 3.8) is 0 Å². The first-order chi connectivity index (χ1) is 7.50. The largest absolute Gasteiger partial charge is 0.494 e. The molecular formula is C10H8Br2N2O2. The molecule has 0 spiro atoms. The minimum atomic E-state index is -0.0407. The zero-order valence-electron chi connectivity index (χ0n) is 7.98. The summed E-state index contributed by atoms with van der Waals surface area (Å²) in [6.45, 7) is 0. The van der Waals surface area contributed by atoms with Crippen LogP contribution in [0.1, 0.15) is 0 Å². The summed E-state index contributed by atoms with van der Waals surface area (Å²) in [5.41, 5.74) is 6.92. The van der Waals surface area contributed by atoms with Crippen LogP contribution in [0.25, 0.3) is 5.69 Å². The van der Waals surface area contributed by atoms with Crippen LogP contribution in [0.5, 0.6) is 11.8 Å². The fraction of sp³-hybridized carbons (Fsp3) is 0. The van der Waals surface area contributed by atoms with Crippen LogP contribution >= 0.6 is 31.9 Å². The highest BCUT2D eigenvalue weighted by atomic mass is 79.9. The number of nitrogen functional groups attached to an aromatic ring is 1. The molecule has 1 heterocycles. The van der Waals surface area contributed by atoms with Crippen LogP contribution in [0.2, 0.25) is 0 Å². The van der Waals surface area contributed by atoms with E-state index in [1.165, 1.54) is 16.7 Å². The number of anilines is 1. The average Bonchev–Trinajstić information content (AvgIpc) is 2.54. The Balaban J connectivity index is 2.66. The monoisotopic (exact) mass is 346 g/mol. The molecule has 84 valence electrons. The Morgan fingerprint density at radius 2 is 1.44 bits per heavy atom. The lowest BCUT2D eigenvalue weighted by molar-refractivity contribution is 0.402. The number of nitrogens with zero attached hydrogens (tertiary/aromatic N) is 1. The van der Waals surface area contributed by atoms with E-state index in [4.69, 9.17) is 5.73 Å². The van der Waals surface area contributed by atoms with E-state index in [1.807, 2.05) is 0 Å². The molecule has 0 bridgehead atoms. The van der Waals surface area contributed by atoms with Gasteiger partial charge in [-0.3, -0.25) is 4.57 Å². The summed E-state index contributed by atoms with van der Waals surface area (Å²) in [5, 5.41) is 19.2. The van der Waals surface area contributed by atoms with Gasteiger partial charge in [-0.1, -0.05) is 0 Å². The van der Waals surface area contributed by atoms with Crippen molar-refractivity contribution < 1.29 is 10.2 Å². The zero-order valence-corrected chi connectivity index (χ0v) is 11.2. The van der Waals surface area contributed by atoms with Crippen LogP contribution in [0.3, 0.4) is 0 Å². The van der Waals surface area contributed by atoms with Gasteiger partial charge in [0.25, 0.3) is 0 Å². The van der Waals surface area contributed by atoms with Crippen LogP contribution in [-0.2, 0) is 0 Å². The van der Waals surface area contributed by atoms with E-state index in [9.17, 15) is 10.2 Å². The number of hydrogen-bond donors (Lipinski definition) is 3. The molecule has 4 nitrogen and oxygen atoms in total. The van der Waals surface area contributed by atoms with Gasteiger partial charge in [0.15, 0.2) is 11.8 Å². The maximum absolute atomic E-state index is 9.58. The zero-order chi connectivity index (χ0) is 11.9. The fourth-order valence-electron chi connectivity index (χ4n) is 1.38. The summed E-state index contributed by atoms with van der Waals surface area (Å²) >= 11 is 6.60. The number of benzene rings is 1. The molecule has 0 amide bonds. The van der Waals surface area contributed by atoms with E-state index < -0.39 is 0 Å². The Morgan fingerprint density at radius 1 is 1.00 bits per heavy atom. The molecule has 0 radical (unpaired) electrons. The lowest BCUT2D eigenvalue weighted by Gasteiger charge is -2.10. The van der Waals surface area contributed by atoms with Crippen LogP contribution in [0.4, 0.5) is 5.69 Å². The topological polar surface area (TPSA) is 71.4 Å². The van der Waals surface area contributed by atoms with E-state index in [0.717, 1.165) is 0 Å². The highest BCUT2D eigenvalue weighted by Gasteiger charge is 2.11. The van der Waals surface area contributed by atoms with Gasteiger partial charge in [-0.25, -0.2) is 0 Å². The van der Waals surface area contributed by atoms with Gasteiger partial charge in [-0.05, 0) is 44.0 Å². The smallest absolute Gasteiger partial charge is 0.198 e. The van der Waals surface area contributed by atoms with Gasteiger partial charge < -0.3 is 15.9 Å². The minimum absolute atomic E-state index is 0.0407. The summed E-state index contributed by atoms with van der Waals surface area (Å²) in [4.78, 5) is 0. The second-order valence-electron chi connectivity index (χ2n) is 3.21. The van der Waals surface area contributed by atoms with Gasteiger partial charge in [0.1, 0.15) is 0 Å². The molecule has 4 N–H and O–H groups in total. The first-order valence-electron chi connectivity index (χ1n) is 4.35. The maximum atomic E-state index is 9.58. The molecular weight excluding hydrogens is 340 g/mol. The molecule has 0 fully saturated rings. The van der Waals surface area contributed by atoms with Gasteiger partial charge in [-0.15, -0.1) is 0 Å². The van der Waals surface area contributed by atoms with Crippen LogP contribution < -0.4 is 5.73 Å². The van der Waals surface area contributed by atoms with Gasteiger partial charge in [0.05, 0.1) is 11.4 Å². The van der Waals surface area contributed by atoms with Crippen molar-refractivity contribution in [1.82, 2.24) is 4.57 Å².